The van der Waals surface area contributed by atoms with Crippen molar-refractivity contribution in [2.24, 2.45) is 0 Å². The molecule has 66 valence electrons. The molecule has 1 saturated heterocycles. The van der Waals surface area contributed by atoms with Gasteiger partial charge < -0.3 is 9.88 Å². The molecule has 1 aromatic rings. The predicted molar refractivity (Wildman–Crippen MR) is 52.5 cm³/mol. The lowest BCUT2D eigenvalue weighted by Crippen LogP contribution is -2.26. The zero-order valence-electron chi connectivity index (χ0n) is 7.66. The van der Waals surface area contributed by atoms with E-state index >= 15 is 0 Å². The molecule has 3 rings (SSSR count). The third-order valence-electron chi connectivity index (χ3n) is 2.98. The molecule has 1 aromatic carbocycles. The minimum atomic E-state index is 0.211. The van der Waals surface area contributed by atoms with Gasteiger partial charge in [0.15, 0.2) is 0 Å². The zero-order valence-corrected chi connectivity index (χ0v) is 7.66. The van der Waals surface area contributed by atoms with Gasteiger partial charge in [-0.25, -0.2) is 0 Å². The van der Waals surface area contributed by atoms with Crippen LogP contribution in [0.2, 0.25) is 6.82 Å². The fourth-order valence-corrected chi connectivity index (χ4v) is 2.44. The Labute approximate surface area is 78.4 Å². The highest BCUT2D eigenvalue weighted by atomic mass is 16.5. The Hall–Kier alpha value is -0.795. The van der Waals surface area contributed by atoms with Crippen LogP contribution < -0.4 is 5.23 Å². The summed E-state index contributed by atoms with van der Waals surface area (Å²) in [5, 5.41) is 3.45. The van der Waals surface area contributed by atoms with Crippen molar-refractivity contribution in [1.29, 1.82) is 0 Å². The number of hydrogen-bond acceptors (Lipinski definition) is 2. The molecule has 1 fully saturated rings. The van der Waals surface area contributed by atoms with Crippen molar-refractivity contribution >= 4 is 7.05 Å². The van der Waals surface area contributed by atoms with Gasteiger partial charge in [-0.3, -0.25) is 0 Å². The van der Waals surface area contributed by atoms with E-state index in [1.54, 1.807) is 0 Å². The van der Waals surface area contributed by atoms with E-state index in [-0.39, 0.29) is 7.05 Å². The van der Waals surface area contributed by atoms with Crippen molar-refractivity contribution in [2.75, 3.05) is 0 Å². The molecule has 13 heavy (non-hydrogen) atoms. The van der Waals surface area contributed by atoms with Gasteiger partial charge in [0, 0.05) is 6.04 Å². The summed E-state index contributed by atoms with van der Waals surface area (Å²) in [5.41, 5.74) is 2.87. The third kappa shape index (κ3) is 1.04. The Morgan fingerprint density at radius 1 is 1.46 bits per heavy atom. The molecule has 0 spiro atoms. The second-order valence-corrected chi connectivity index (χ2v) is 3.86. The Bertz CT molecular complexity index is 341. The van der Waals surface area contributed by atoms with Crippen LogP contribution in [0.3, 0.4) is 0 Å². The molecule has 3 heteroatoms. The van der Waals surface area contributed by atoms with Crippen LogP contribution in [0, 0.1) is 0 Å². The average molecular weight is 173 g/mol. The van der Waals surface area contributed by atoms with Gasteiger partial charge in [-0.1, -0.05) is 24.3 Å². The van der Waals surface area contributed by atoms with E-state index in [1.165, 1.54) is 11.1 Å². The van der Waals surface area contributed by atoms with Crippen molar-refractivity contribution in [3.63, 3.8) is 0 Å². The van der Waals surface area contributed by atoms with Crippen LogP contribution in [0.5, 0.6) is 0 Å². The van der Waals surface area contributed by atoms with Crippen molar-refractivity contribution < 1.29 is 4.65 Å². The third-order valence-corrected chi connectivity index (χ3v) is 2.98. The maximum atomic E-state index is 5.76. The average Bonchev–Trinajstić information content (AvgIpc) is 2.60. The van der Waals surface area contributed by atoms with E-state index in [2.05, 4.69) is 36.3 Å². The first-order chi connectivity index (χ1) is 6.34. The molecule has 1 N–H and O–H groups in total. The molecule has 1 heterocycles. The highest BCUT2D eigenvalue weighted by Gasteiger charge is 2.40. The van der Waals surface area contributed by atoms with Crippen LogP contribution in [0.4, 0.5) is 0 Å². The first kappa shape index (κ1) is 7.59. The van der Waals surface area contributed by atoms with Crippen molar-refractivity contribution in [1.82, 2.24) is 5.23 Å². The normalized spacial score (nSPS) is 30.4. The molecule has 0 radical (unpaired) electrons. The number of hydrogen-bond donors (Lipinski definition) is 1. The molecular formula is C10H12BNO. The highest BCUT2D eigenvalue weighted by Crippen LogP contribution is 2.36. The first-order valence-corrected chi connectivity index (χ1v) is 4.84. The fraction of sp³-hybridized carbons (Fsp3) is 0.400. The van der Waals surface area contributed by atoms with E-state index < -0.39 is 0 Å². The molecule has 2 nitrogen and oxygen atoms in total. The number of nitrogens with one attached hydrogen (secondary N) is 1. The van der Waals surface area contributed by atoms with Crippen LogP contribution in [-0.2, 0) is 11.1 Å². The lowest BCUT2D eigenvalue weighted by atomic mass is 9.88. The lowest BCUT2D eigenvalue weighted by molar-refractivity contribution is 0.226. The van der Waals surface area contributed by atoms with Gasteiger partial charge in [-0.2, -0.15) is 0 Å². The first-order valence-electron chi connectivity index (χ1n) is 4.84. The Kier molecular flexibility index (Phi) is 1.52. The summed E-state index contributed by atoms with van der Waals surface area (Å²) in [6, 6.07) is 9.04. The Balaban J connectivity index is 2.02. The minimum Gasteiger partial charge on any atom is -0.416 e. The molecule has 1 aliphatic carbocycles. The lowest BCUT2D eigenvalue weighted by Gasteiger charge is -2.08. The largest absolute Gasteiger partial charge is 0.416 e. The molecule has 0 aromatic heterocycles. The summed E-state index contributed by atoms with van der Waals surface area (Å²) in [6.07, 6.45) is 1.44. The highest BCUT2D eigenvalue weighted by molar-refractivity contribution is 6.48. The van der Waals surface area contributed by atoms with Crippen LogP contribution in [-0.4, -0.2) is 13.2 Å². The van der Waals surface area contributed by atoms with Gasteiger partial charge in [0.05, 0.1) is 6.10 Å². The van der Waals surface area contributed by atoms with E-state index in [9.17, 15) is 0 Å². The Morgan fingerprint density at radius 2 is 2.31 bits per heavy atom. The van der Waals surface area contributed by atoms with Gasteiger partial charge in [-0.15, -0.1) is 0 Å². The number of rotatable bonds is 0. The molecule has 2 aliphatic rings. The maximum absolute atomic E-state index is 5.76. The molecule has 2 unspecified atom stereocenters. The summed E-state index contributed by atoms with van der Waals surface area (Å²) in [5.74, 6) is 0. The molecule has 0 amide bonds. The summed E-state index contributed by atoms with van der Waals surface area (Å²) >= 11 is 0. The second kappa shape index (κ2) is 2.60. The summed E-state index contributed by atoms with van der Waals surface area (Å²) in [7, 11) is 0.211. The summed E-state index contributed by atoms with van der Waals surface area (Å²) in [4.78, 5) is 0. The SMILES string of the molecule is CB1NC2c3ccccc3CC2O1. The predicted octanol–water partition coefficient (Wildman–Crippen LogP) is 1.39. The summed E-state index contributed by atoms with van der Waals surface area (Å²) < 4.78 is 5.76. The van der Waals surface area contributed by atoms with Crippen molar-refractivity contribution in [3.05, 3.63) is 35.4 Å². The smallest absolute Gasteiger partial charge is 0.377 e. The van der Waals surface area contributed by atoms with Crippen molar-refractivity contribution in [3.8, 4) is 0 Å². The molecule has 0 bridgehead atoms. The maximum Gasteiger partial charge on any atom is 0.377 e. The van der Waals surface area contributed by atoms with Crippen LogP contribution in [0.25, 0.3) is 0 Å². The molecular weight excluding hydrogens is 161 g/mol. The Morgan fingerprint density at radius 3 is 3.23 bits per heavy atom. The van der Waals surface area contributed by atoms with Crippen molar-refractivity contribution in [2.45, 2.75) is 25.4 Å². The standard InChI is InChI=1S/C10H12BNO/c1-11-12-10-8-5-3-2-4-7(8)6-9(10)13-11/h2-5,9-10,12H,6H2,1H3. The molecule has 2 atom stereocenters. The van der Waals surface area contributed by atoms with Crippen LogP contribution in [0.1, 0.15) is 17.2 Å². The zero-order chi connectivity index (χ0) is 8.84. The molecule has 0 saturated carbocycles. The number of benzene rings is 1. The van der Waals surface area contributed by atoms with Gasteiger partial charge in [0.1, 0.15) is 0 Å². The van der Waals surface area contributed by atoms with Gasteiger partial charge in [-0.05, 0) is 24.4 Å². The van der Waals surface area contributed by atoms with E-state index in [4.69, 9.17) is 4.65 Å². The number of fused-ring (bicyclic) bond motifs is 3. The summed E-state index contributed by atoms with van der Waals surface area (Å²) in [6.45, 7) is 2.07. The van der Waals surface area contributed by atoms with E-state index in [0.717, 1.165) is 6.42 Å². The van der Waals surface area contributed by atoms with Gasteiger partial charge in [0.25, 0.3) is 0 Å². The van der Waals surface area contributed by atoms with Gasteiger partial charge in [0.2, 0.25) is 0 Å². The monoisotopic (exact) mass is 173 g/mol. The van der Waals surface area contributed by atoms with Crippen LogP contribution >= 0.6 is 0 Å². The van der Waals surface area contributed by atoms with Gasteiger partial charge >= 0.3 is 7.05 Å². The minimum absolute atomic E-state index is 0.211. The van der Waals surface area contributed by atoms with E-state index in [1.807, 2.05) is 0 Å². The topological polar surface area (TPSA) is 21.3 Å². The quantitative estimate of drug-likeness (QED) is 0.598. The fourth-order valence-electron chi connectivity index (χ4n) is 2.44. The molecule has 1 aliphatic heterocycles. The van der Waals surface area contributed by atoms with Crippen LogP contribution in [0.15, 0.2) is 24.3 Å². The van der Waals surface area contributed by atoms with E-state index in [0.29, 0.717) is 12.1 Å². The second-order valence-electron chi connectivity index (χ2n) is 3.86.